The Bertz CT molecular complexity index is 344. The molecule has 0 saturated heterocycles. The van der Waals surface area contributed by atoms with E-state index in [2.05, 4.69) is 10.6 Å². The molecule has 1 atom stereocenters. The highest BCUT2D eigenvalue weighted by Crippen LogP contribution is 2.15. The molecule has 0 saturated carbocycles. The van der Waals surface area contributed by atoms with Crippen LogP contribution in [0.2, 0.25) is 0 Å². The molecular formula is C13H20N2O2S. The van der Waals surface area contributed by atoms with Gasteiger partial charge in [-0.2, -0.15) is 0 Å². The number of rotatable bonds is 8. The molecule has 18 heavy (non-hydrogen) atoms. The molecule has 1 rings (SSSR count). The average molecular weight is 268 g/mol. The summed E-state index contributed by atoms with van der Waals surface area (Å²) in [6, 6.07) is 9.85. The van der Waals surface area contributed by atoms with Crippen molar-refractivity contribution in [1.29, 1.82) is 0 Å². The zero-order valence-electron chi connectivity index (χ0n) is 10.6. The summed E-state index contributed by atoms with van der Waals surface area (Å²) < 4.78 is 0. The lowest BCUT2D eigenvalue weighted by Crippen LogP contribution is -2.35. The smallest absolute Gasteiger partial charge is 0.230 e. The van der Waals surface area contributed by atoms with E-state index in [1.165, 1.54) is 11.8 Å². The van der Waals surface area contributed by atoms with Crippen LogP contribution in [0.1, 0.15) is 6.92 Å². The van der Waals surface area contributed by atoms with Crippen molar-refractivity contribution in [2.24, 2.45) is 0 Å². The lowest BCUT2D eigenvalue weighted by Gasteiger charge is -2.08. The van der Waals surface area contributed by atoms with Crippen LogP contribution >= 0.6 is 11.8 Å². The summed E-state index contributed by atoms with van der Waals surface area (Å²) in [4.78, 5) is 12.6. The summed E-state index contributed by atoms with van der Waals surface area (Å²) in [6.07, 6.45) is -0.352. The second kappa shape index (κ2) is 8.97. The van der Waals surface area contributed by atoms with Gasteiger partial charge >= 0.3 is 0 Å². The Morgan fingerprint density at radius 3 is 2.72 bits per heavy atom. The Morgan fingerprint density at radius 1 is 1.33 bits per heavy atom. The minimum absolute atomic E-state index is 0.0303. The van der Waals surface area contributed by atoms with Gasteiger partial charge in [-0.3, -0.25) is 4.79 Å². The molecule has 0 aliphatic carbocycles. The van der Waals surface area contributed by atoms with Crippen molar-refractivity contribution in [3.63, 3.8) is 0 Å². The minimum atomic E-state index is -0.352. The van der Waals surface area contributed by atoms with Gasteiger partial charge in [-0.05, 0) is 19.1 Å². The predicted molar refractivity (Wildman–Crippen MR) is 74.7 cm³/mol. The van der Waals surface area contributed by atoms with Crippen LogP contribution in [-0.2, 0) is 4.79 Å². The molecule has 0 bridgehead atoms. The average Bonchev–Trinajstić information content (AvgIpc) is 2.37. The Kier molecular flexibility index (Phi) is 7.48. The topological polar surface area (TPSA) is 61.4 Å². The molecule has 0 fully saturated rings. The Hall–Kier alpha value is -1.04. The van der Waals surface area contributed by atoms with E-state index in [0.29, 0.717) is 25.4 Å². The van der Waals surface area contributed by atoms with Crippen LogP contribution in [0.4, 0.5) is 0 Å². The monoisotopic (exact) mass is 268 g/mol. The Balaban J connectivity index is 2.04. The molecule has 0 aliphatic heterocycles. The highest BCUT2D eigenvalue weighted by atomic mass is 32.2. The van der Waals surface area contributed by atoms with Crippen molar-refractivity contribution in [3.05, 3.63) is 30.3 Å². The van der Waals surface area contributed by atoms with Crippen molar-refractivity contribution in [1.82, 2.24) is 10.6 Å². The van der Waals surface area contributed by atoms with Crippen LogP contribution in [0.3, 0.4) is 0 Å². The first-order valence-corrected chi connectivity index (χ1v) is 7.00. The van der Waals surface area contributed by atoms with Gasteiger partial charge in [-0.25, -0.2) is 0 Å². The Morgan fingerprint density at radius 2 is 2.06 bits per heavy atom. The van der Waals surface area contributed by atoms with E-state index in [9.17, 15) is 4.79 Å². The maximum Gasteiger partial charge on any atom is 0.230 e. The summed E-state index contributed by atoms with van der Waals surface area (Å²) in [5.74, 6) is 0.461. The lowest BCUT2D eigenvalue weighted by atomic mass is 10.4. The van der Waals surface area contributed by atoms with Gasteiger partial charge < -0.3 is 15.7 Å². The third-order valence-corrected chi connectivity index (χ3v) is 3.19. The van der Waals surface area contributed by atoms with E-state index in [0.717, 1.165) is 4.90 Å². The maximum absolute atomic E-state index is 11.5. The van der Waals surface area contributed by atoms with Crippen LogP contribution in [0.15, 0.2) is 35.2 Å². The molecule has 3 N–H and O–H groups in total. The van der Waals surface area contributed by atoms with E-state index < -0.39 is 0 Å². The number of hydrogen-bond acceptors (Lipinski definition) is 4. The summed E-state index contributed by atoms with van der Waals surface area (Å²) >= 11 is 1.52. The first kappa shape index (κ1) is 15.0. The van der Waals surface area contributed by atoms with E-state index in [4.69, 9.17) is 5.11 Å². The molecule has 5 heteroatoms. The number of aliphatic hydroxyl groups is 1. The molecule has 1 aromatic rings. The molecule has 4 nitrogen and oxygen atoms in total. The van der Waals surface area contributed by atoms with Gasteiger partial charge in [0.15, 0.2) is 0 Å². The second-order valence-corrected chi connectivity index (χ2v) is 5.05. The van der Waals surface area contributed by atoms with E-state index >= 15 is 0 Å². The van der Waals surface area contributed by atoms with Crippen molar-refractivity contribution in [3.8, 4) is 0 Å². The van der Waals surface area contributed by atoms with Gasteiger partial charge in [0.1, 0.15) is 0 Å². The van der Waals surface area contributed by atoms with Crippen LogP contribution in [-0.4, -0.2) is 42.5 Å². The number of nitrogens with one attached hydrogen (secondary N) is 2. The van der Waals surface area contributed by atoms with Gasteiger partial charge in [-0.1, -0.05) is 18.2 Å². The fourth-order valence-electron chi connectivity index (χ4n) is 1.32. The highest BCUT2D eigenvalue weighted by molar-refractivity contribution is 8.00. The number of carbonyl (C=O) groups excluding carboxylic acids is 1. The quantitative estimate of drug-likeness (QED) is 0.483. The molecule has 0 heterocycles. The molecule has 0 spiro atoms. The fraction of sp³-hybridized carbons (Fsp3) is 0.462. The van der Waals surface area contributed by atoms with Gasteiger partial charge in [0.2, 0.25) is 5.91 Å². The zero-order chi connectivity index (χ0) is 13.2. The third-order valence-electron chi connectivity index (χ3n) is 2.18. The number of amides is 1. The molecular weight excluding hydrogens is 248 g/mol. The molecule has 0 radical (unpaired) electrons. The first-order valence-electron chi connectivity index (χ1n) is 6.02. The molecule has 1 aromatic carbocycles. The number of carbonyl (C=O) groups is 1. The summed E-state index contributed by atoms with van der Waals surface area (Å²) in [5, 5.41) is 14.9. The molecule has 0 aromatic heterocycles. The SMILES string of the molecule is CC(O)CNCCNC(=O)CSc1ccccc1. The van der Waals surface area contributed by atoms with Crippen molar-refractivity contribution >= 4 is 17.7 Å². The molecule has 1 amide bonds. The fourth-order valence-corrected chi connectivity index (χ4v) is 2.07. The van der Waals surface area contributed by atoms with Gasteiger partial charge in [0.25, 0.3) is 0 Å². The van der Waals surface area contributed by atoms with Gasteiger partial charge in [0.05, 0.1) is 11.9 Å². The van der Waals surface area contributed by atoms with Crippen molar-refractivity contribution < 1.29 is 9.90 Å². The maximum atomic E-state index is 11.5. The van der Waals surface area contributed by atoms with Crippen molar-refractivity contribution in [2.75, 3.05) is 25.4 Å². The molecule has 100 valence electrons. The largest absolute Gasteiger partial charge is 0.392 e. The highest BCUT2D eigenvalue weighted by Gasteiger charge is 2.01. The number of aliphatic hydroxyl groups excluding tert-OH is 1. The Labute approximate surface area is 112 Å². The summed E-state index contributed by atoms with van der Waals surface area (Å²) in [7, 11) is 0. The van der Waals surface area contributed by atoms with Crippen LogP contribution < -0.4 is 10.6 Å². The number of thioether (sulfide) groups is 1. The minimum Gasteiger partial charge on any atom is -0.392 e. The van der Waals surface area contributed by atoms with Gasteiger partial charge in [-0.15, -0.1) is 11.8 Å². The lowest BCUT2D eigenvalue weighted by molar-refractivity contribution is -0.118. The summed E-state index contributed by atoms with van der Waals surface area (Å²) in [6.45, 7) is 3.53. The first-order chi connectivity index (χ1) is 8.68. The zero-order valence-corrected chi connectivity index (χ0v) is 11.4. The van der Waals surface area contributed by atoms with E-state index in [1.54, 1.807) is 6.92 Å². The van der Waals surface area contributed by atoms with Crippen LogP contribution in [0.5, 0.6) is 0 Å². The third kappa shape index (κ3) is 7.32. The van der Waals surface area contributed by atoms with E-state index in [-0.39, 0.29) is 12.0 Å². The predicted octanol–water partition coefficient (Wildman–Crippen LogP) is 0.865. The number of benzene rings is 1. The normalized spacial score (nSPS) is 12.1. The standard InChI is InChI=1S/C13H20N2O2S/c1-11(16)9-14-7-8-15-13(17)10-18-12-5-3-2-4-6-12/h2-6,11,14,16H,7-10H2,1H3,(H,15,17). The number of hydrogen-bond donors (Lipinski definition) is 3. The molecule has 1 unspecified atom stereocenters. The van der Waals surface area contributed by atoms with Gasteiger partial charge in [0, 0.05) is 24.5 Å². The van der Waals surface area contributed by atoms with Crippen molar-refractivity contribution in [2.45, 2.75) is 17.9 Å². The summed E-state index contributed by atoms with van der Waals surface area (Å²) in [5.41, 5.74) is 0. The van der Waals surface area contributed by atoms with Crippen LogP contribution in [0, 0.1) is 0 Å². The van der Waals surface area contributed by atoms with Crippen LogP contribution in [0.25, 0.3) is 0 Å². The second-order valence-electron chi connectivity index (χ2n) is 4.00. The molecule has 0 aliphatic rings. The van der Waals surface area contributed by atoms with E-state index in [1.807, 2.05) is 30.3 Å².